The van der Waals surface area contributed by atoms with Crippen molar-refractivity contribution in [3.63, 3.8) is 0 Å². The maximum Gasteiger partial charge on any atom is 0.262 e. The maximum absolute atomic E-state index is 12.2. The van der Waals surface area contributed by atoms with Gasteiger partial charge in [0.05, 0.1) is 4.90 Å². The Kier molecular flexibility index (Phi) is 3.66. The van der Waals surface area contributed by atoms with Crippen LogP contribution in [-0.2, 0) is 10.0 Å². The first kappa shape index (κ1) is 13.3. The number of aldehydes is 1. The molecule has 0 aliphatic carbocycles. The van der Waals surface area contributed by atoms with Crippen LogP contribution >= 0.6 is 0 Å². The van der Waals surface area contributed by atoms with E-state index in [1.807, 2.05) is 0 Å². The molecular formula is C14H13NO3S. The van der Waals surface area contributed by atoms with Crippen molar-refractivity contribution in [2.24, 2.45) is 0 Å². The van der Waals surface area contributed by atoms with Crippen molar-refractivity contribution in [2.45, 2.75) is 11.8 Å². The number of anilines is 1. The van der Waals surface area contributed by atoms with E-state index < -0.39 is 10.0 Å². The minimum Gasteiger partial charge on any atom is -0.298 e. The Morgan fingerprint density at radius 1 is 1.00 bits per heavy atom. The molecule has 0 spiro atoms. The summed E-state index contributed by atoms with van der Waals surface area (Å²) in [6, 6.07) is 13.0. The van der Waals surface area contributed by atoms with E-state index in [0.29, 0.717) is 23.1 Å². The first-order chi connectivity index (χ1) is 9.03. The number of sulfonamides is 1. The number of hydrogen-bond donors (Lipinski definition) is 1. The lowest BCUT2D eigenvalue weighted by atomic mass is 10.2. The van der Waals surface area contributed by atoms with Crippen LogP contribution in [0.25, 0.3) is 0 Å². The molecule has 0 amide bonds. The van der Waals surface area contributed by atoms with E-state index in [1.54, 1.807) is 55.5 Å². The third-order valence-corrected chi connectivity index (χ3v) is 4.22. The molecule has 1 N–H and O–H groups in total. The SMILES string of the molecule is Cc1ccccc1S(=O)(=O)Nc1ccc(C=O)cc1. The Morgan fingerprint density at radius 2 is 1.63 bits per heavy atom. The second-order valence-electron chi connectivity index (χ2n) is 4.11. The summed E-state index contributed by atoms with van der Waals surface area (Å²) in [6.07, 6.45) is 0.708. The molecule has 4 nitrogen and oxygen atoms in total. The van der Waals surface area contributed by atoms with Gasteiger partial charge >= 0.3 is 0 Å². The summed E-state index contributed by atoms with van der Waals surface area (Å²) in [5, 5.41) is 0. The van der Waals surface area contributed by atoms with Crippen LogP contribution in [0.3, 0.4) is 0 Å². The number of nitrogens with one attached hydrogen (secondary N) is 1. The molecular weight excluding hydrogens is 262 g/mol. The zero-order valence-electron chi connectivity index (χ0n) is 10.3. The Morgan fingerprint density at radius 3 is 2.21 bits per heavy atom. The smallest absolute Gasteiger partial charge is 0.262 e. The molecule has 0 saturated heterocycles. The van der Waals surface area contributed by atoms with Crippen LogP contribution in [0.15, 0.2) is 53.4 Å². The summed E-state index contributed by atoms with van der Waals surface area (Å²) < 4.78 is 26.9. The van der Waals surface area contributed by atoms with Gasteiger partial charge in [-0.25, -0.2) is 8.42 Å². The van der Waals surface area contributed by atoms with Gasteiger partial charge in [0, 0.05) is 11.3 Å². The van der Waals surface area contributed by atoms with Crippen molar-refractivity contribution in [1.82, 2.24) is 0 Å². The van der Waals surface area contributed by atoms with E-state index in [2.05, 4.69) is 4.72 Å². The Balaban J connectivity index is 2.31. The fourth-order valence-corrected chi connectivity index (χ4v) is 3.00. The molecule has 0 aliphatic rings. The molecule has 2 rings (SSSR count). The lowest BCUT2D eigenvalue weighted by Gasteiger charge is -2.10. The summed E-state index contributed by atoms with van der Waals surface area (Å²) in [6.45, 7) is 1.74. The largest absolute Gasteiger partial charge is 0.298 e. The van der Waals surface area contributed by atoms with Crippen molar-refractivity contribution in [3.8, 4) is 0 Å². The maximum atomic E-state index is 12.2. The molecule has 0 heterocycles. The van der Waals surface area contributed by atoms with Gasteiger partial charge in [0.15, 0.2) is 0 Å². The molecule has 0 fully saturated rings. The van der Waals surface area contributed by atoms with Gasteiger partial charge in [-0.1, -0.05) is 18.2 Å². The lowest BCUT2D eigenvalue weighted by molar-refractivity contribution is 0.112. The van der Waals surface area contributed by atoms with E-state index in [1.165, 1.54) is 0 Å². The fourth-order valence-electron chi connectivity index (χ4n) is 1.70. The fraction of sp³-hybridized carbons (Fsp3) is 0.0714. The normalized spacial score (nSPS) is 11.0. The van der Waals surface area contributed by atoms with Crippen LogP contribution in [0, 0.1) is 6.92 Å². The zero-order valence-corrected chi connectivity index (χ0v) is 11.1. The van der Waals surface area contributed by atoms with Crippen LogP contribution in [-0.4, -0.2) is 14.7 Å². The summed E-state index contributed by atoms with van der Waals surface area (Å²) in [5.41, 5.74) is 1.60. The van der Waals surface area contributed by atoms with Crippen LogP contribution < -0.4 is 4.72 Å². The summed E-state index contributed by atoms with van der Waals surface area (Å²) in [5.74, 6) is 0. The first-order valence-corrected chi connectivity index (χ1v) is 7.15. The lowest BCUT2D eigenvalue weighted by Crippen LogP contribution is -2.14. The summed E-state index contributed by atoms with van der Waals surface area (Å²) in [7, 11) is -3.60. The quantitative estimate of drug-likeness (QED) is 0.872. The monoisotopic (exact) mass is 275 g/mol. The molecule has 2 aromatic carbocycles. The van der Waals surface area contributed by atoms with Crippen molar-refractivity contribution >= 4 is 22.0 Å². The van der Waals surface area contributed by atoms with Gasteiger partial charge in [-0.05, 0) is 42.8 Å². The van der Waals surface area contributed by atoms with E-state index in [4.69, 9.17) is 0 Å². The first-order valence-electron chi connectivity index (χ1n) is 5.66. The van der Waals surface area contributed by atoms with Gasteiger partial charge in [0.25, 0.3) is 10.0 Å². The van der Waals surface area contributed by atoms with E-state index >= 15 is 0 Å². The van der Waals surface area contributed by atoms with Gasteiger partial charge in [-0.3, -0.25) is 9.52 Å². The predicted molar refractivity (Wildman–Crippen MR) is 73.8 cm³/mol. The third kappa shape index (κ3) is 3.00. The molecule has 2 aromatic rings. The molecule has 98 valence electrons. The van der Waals surface area contributed by atoms with Gasteiger partial charge in [0.1, 0.15) is 6.29 Å². The van der Waals surface area contributed by atoms with Gasteiger partial charge < -0.3 is 0 Å². The molecule has 0 radical (unpaired) electrons. The number of carbonyl (C=O) groups excluding carboxylic acids is 1. The molecule has 0 aromatic heterocycles. The zero-order chi connectivity index (χ0) is 13.9. The van der Waals surface area contributed by atoms with Gasteiger partial charge in [-0.2, -0.15) is 0 Å². The van der Waals surface area contributed by atoms with E-state index in [0.717, 1.165) is 0 Å². The highest BCUT2D eigenvalue weighted by Gasteiger charge is 2.15. The van der Waals surface area contributed by atoms with Crippen LogP contribution in [0.4, 0.5) is 5.69 Å². The Bertz CT molecular complexity index is 691. The van der Waals surface area contributed by atoms with Crippen molar-refractivity contribution in [3.05, 3.63) is 59.7 Å². The molecule has 0 saturated carbocycles. The van der Waals surface area contributed by atoms with Crippen molar-refractivity contribution in [2.75, 3.05) is 4.72 Å². The number of hydrogen-bond acceptors (Lipinski definition) is 3. The average Bonchev–Trinajstić information content (AvgIpc) is 2.39. The minimum atomic E-state index is -3.60. The van der Waals surface area contributed by atoms with Crippen LogP contribution in [0.2, 0.25) is 0 Å². The molecule has 19 heavy (non-hydrogen) atoms. The number of rotatable bonds is 4. The van der Waals surface area contributed by atoms with Gasteiger partial charge in [-0.15, -0.1) is 0 Å². The van der Waals surface area contributed by atoms with E-state index in [-0.39, 0.29) is 4.90 Å². The standard InChI is InChI=1S/C14H13NO3S/c1-11-4-2-3-5-14(11)19(17,18)15-13-8-6-12(10-16)7-9-13/h2-10,15H,1H3. The molecule has 0 aliphatic heterocycles. The number of carbonyl (C=O) groups is 1. The van der Waals surface area contributed by atoms with Crippen LogP contribution in [0.5, 0.6) is 0 Å². The predicted octanol–water partition coefficient (Wildman–Crippen LogP) is 2.61. The Labute approximate surface area is 112 Å². The average molecular weight is 275 g/mol. The van der Waals surface area contributed by atoms with Crippen molar-refractivity contribution < 1.29 is 13.2 Å². The highest BCUT2D eigenvalue weighted by molar-refractivity contribution is 7.92. The van der Waals surface area contributed by atoms with Crippen LogP contribution in [0.1, 0.15) is 15.9 Å². The highest BCUT2D eigenvalue weighted by Crippen LogP contribution is 2.19. The number of aryl methyl sites for hydroxylation is 1. The Hall–Kier alpha value is -2.14. The van der Waals surface area contributed by atoms with Crippen molar-refractivity contribution in [1.29, 1.82) is 0 Å². The molecule has 0 bridgehead atoms. The molecule has 0 atom stereocenters. The third-order valence-electron chi connectivity index (χ3n) is 2.68. The second-order valence-corrected chi connectivity index (χ2v) is 5.76. The summed E-state index contributed by atoms with van der Waals surface area (Å²) >= 11 is 0. The van der Waals surface area contributed by atoms with Gasteiger partial charge in [0.2, 0.25) is 0 Å². The minimum absolute atomic E-state index is 0.245. The topological polar surface area (TPSA) is 63.2 Å². The highest BCUT2D eigenvalue weighted by atomic mass is 32.2. The molecule has 5 heteroatoms. The second kappa shape index (κ2) is 5.24. The number of benzene rings is 2. The summed E-state index contributed by atoms with van der Waals surface area (Å²) in [4.78, 5) is 10.8. The van der Waals surface area contributed by atoms with E-state index in [9.17, 15) is 13.2 Å². The molecule has 0 unspecified atom stereocenters.